The molecule has 1 aliphatic rings. The van der Waals surface area contributed by atoms with E-state index >= 15 is 0 Å². The molecule has 0 atom stereocenters. The molecule has 0 saturated heterocycles. The van der Waals surface area contributed by atoms with E-state index in [0.29, 0.717) is 0 Å². The standard InChI is InChI=1S/C20H28O2/c1-15(8-6-9-16(2)14-19(21)22)11-12-18-17(3)10-7-13-20(18,4)5/h6,8-9,11-12,14H,7,10,13H2,1-5H3,(H,21,22)/b9-6+,12-11+,15-8+,16-14+/i6T,9T. The van der Waals surface area contributed by atoms with Crippen molar-refractivity contribution in [2.75, 3.05) is 0 Å². The molecule has 1 aliphatic carbocycles. The summed E-state index contributed by atoms with van der Waals surface area (Å²) in [5.41, 5.74) is 4.07. The lowest BCUT2D eigenvalue weighted by molar-refractivity contribution is -0.131. The Morgan fingerprint density at radius 2 is 2.00 bits per heavy atom. The van der Waals surface area contributed by atoms with Crippen LogP contribution in [0.25, 0.3) is 0 Å². The number of hydrogen-bond donors (Lipinski definition) is 1. The molecule has 0 amide bonds. The van der Waals surface area contributed by atoms with Gasteiger partial charge in [-0.2, -0.15) is 0 Å². The van der Waals surface area contributed by atoms with Gasteiger partial charge in [0.2, 0.25) is 0 Å². The van der Waals surface area contributed by atoms with Crippen molar-refractivity contribution in [2.24, 2.45) is 5.41 Å². The molecule has 2 heteroatoms. The molecular weight excluding hydrogens is 272 g/mol. The van der Waals surface area contributed by atoms with E-state index in [9.17, 15) is 4.79 Å². The molecule has 0 aromatic heterocycles. The molecule has 1 rings (SSSR count). The van der Waals surface area contributed by atoms with Gasteiger partial charge in [-0.05, 0) is 56.6 Å². The van der Waals surface area contributed by atoms with E-state index in [1.54, 1.807) is 6.08 Å². The number of rotatable bonds is 5. The van der Waals surface area contributed by atoms with Crippen LogP contribution in [-0.2, 0) is 4.79 Å². The minimum absolute atomic E-state index is 0.0146. The van der Waals surface area contributed by atoms with Gasteiger partial charge in [-0.25, -0.2) is 4.79 Å². The van der Waals surface area contributed by atoms with Crippen LogP contribution >= 0.6 is 0 Å². The third-order valence-electron chi connectivity index (χ3n) is 3.96. The Bertz CT molecular complexity index is 659. The molecule has 0 aromatic rings. The summed E-state index contributed by atoms with van der Waals surface area (Å²) in [6, 6.07) is -0.0562. The molecule has 120 valence electrons. The monoisotopic (exact) mass is 304 g/mol. The van der Waals surface area contributed by atoms with Crippen LogP contribution in [0, 0.1) is 5.41 Å². The van der Waals surface area contributed by atoms with Crippen LogP contribution in [0.2, 0.25) is 0 Å². The summed E-state index contributed by atoms with van der Waals surface area (Å²) in [5, 5.41) is 8.72. The fourth-order valence-electron chi connectivity index (χ4n) is 2.76. The lowest BCUT2D eigenvalue weighted by Crippen LogP contribution is -2.19. The topological polar surface area (TPSA) is 37.3 Å². The summed E-state index contributed by atoms with van der Waals surface area (Å²) in [4.78, 5) is 10.7. The lowest BCUT2D eigenvalue weighted by Gasteiger charge is -2.32. The molecule has 0 bridgehead atoms. The van der Waals surface area contributed by atoms with Crippen molar-refractivity contribution in [2.45, 2.75) is 53.9 Å². The van der Waals surface area contributed by atoms with Gasteiger partial charge in [-0.15, -0.1) is 0 Å². The van der Waals surface area contributed by atoms with E-state index in [1.807, 2.05) is 13.0 Å². The summed E-state index contributed by atoms with van der Waals surface area (Å²) >= 11 is 0. The zero-order valence-electron chi connectivity index (χ0n) is 16.3. The smallest absolute Gasteiger partial charge is 0.328 e. The minimum atomic E-state index is -1.10. The number of carbonyl (C=O) groups is 1. The van der Waals surface area contributed by atoms with E-state index in [1.165, 1.54) is 30.9 Å². The third kappa shape index (κ3) is 5.88. The number of allylic oxidation sites excluding steroid dienone is 9. The van der Waals surface area contributed by atoms with Crippen LogP contribution in [0.1, 0.15) is 56.6 Å². The fraction of sp³-hybridized carbons (Fsp3) is 0.450. The van der Waals surface area contributed by atoms with Gasteiger partial charge >= 0.3 is 5.97 Å². The van der Waals surface area contributed by atoms with Gasteiger partial charge in [-0.1, -0.05) is 55.3 Å². The third-order valence-corrected chi connectivity index (χ3v) is 3.96. The van der Waals surface area contributed by atoms with Gasteiger partial charge in [0.1, 0.15) is 0 Å². The van der Waals surface area contributed by atoms with Crippen molar-refractivity contribution < 1.29 is 12.6 Å². The Morgan fingerprint density at radius 1 is 1.32 bits per heavy atom. The zero-order chi connectivity index (χ0) is 18.5. The number of hydrogen-bond acceptors (Lipinski definition) is 1. The van der Waals surface area contributed by atoms with E-state index in [-0.39, 0.29) is 23.1 Å². The maximum Gasteiger partial charge on any atom is 0.328 e. The Hall–Kier alpha value is -1.83. The first-order chi connectivity index (χ1) is 11.0. The normalized spacial score (nSPS) is 22.4. The highest BCUT2D eigenvalue weighted by molar-refractivity contribution is 5.81. The molecule has 0 saturated carbocycles. The van der Waals surface area contributed by atoms with E-state index < -0.39 is 5.97 Å². The van der Waals surface area contributed by atoms with Gasteiger partial charge in [0.05, 0.1) is 2.74 Å². The quantitative estimate of drug-likeness (QED) is 0.530. The van der Waals surface area contributed by atoms with Crippen LogP contribution in [0.3, 0.4) is 0 Å². The maximum absolute atomic E-state index is 10.7. The van der Waals surface area contributed by atoms with E-state index in [4.69, 9.17) is 7.85 Å². The molecule has 0 unspecified atom stereocenters. The summed E-state index contributed by atoms with van der Waals surface area (Å²) in [6.07, 6.45) is 10.2. The van der Waals surface area contributed by atoms with Crippen LogP contribution in [0.5, 0.6) is 0 Å². The largest absolute Gasteiger partial charge is 0.478 e. The first kappa shape index (κ1) is 15.1. The second-order valence-corrected chi connectivity index (χ2v) is 6.59. The van der Waals surface area contributed by atoms with Crippen molar-refractivity contribution >= 4 is 5.97 Å². The molecule has 0 fully saturated rings. The molecule has 22 heavy (non-hydrogen) atoms. The molecule has 0 aromatic carbocycles. The van der Waals surface area contributed by atoms with Gasteiger partial charge in [0.25, 0.3) is 0 Å². The van der Waals surface area contributed by atoms with Crippen molar-refractivity contribution in [3.63, 3.8) is 0 Å². The van der Waals surface area contributed by atoms with Crippen molar-refractivity contribution in [1.82, 2.24) is 0 Å². The molecule has 0 radical (unpaired) electrons. The maximum atomic E-state index is 10.7. The molecule has 0 aliphatic heterocycles. The Morgan fingerprint density at radius 3 is 2.59 bits per heavy atom. The number of carboxylic acids is 1. The van der Waals surface area contributed by atoms with Gasteiger partial charge in [0.15, 0.2) is 0 Å². The van der Waals surface area contributed by atoms with Crippen LogP contribution in [-0.4, -0.2) is 11.1 Å². The van der Waals surface area contributed by atoms with Gasteiger partial charge in [-0.3, -0.25) is 0 Å². The van der Waals surface area contributed by atoms with Crippen molar-refractivity contribution in [3.8, 4) is 0 Å². The molecule has 0 spiro atoms. The predicted molar refractivity (Wildman–Crippen MR) is 93.8 cm³/mol. The highest BCUT2D eigenvalue weighted by atomic mass is 16.4. The predicted octanol–water partition coefficient (Wildman–Crippen LogP) is 5.60. The SMILES string of the molecule is [3H]C(/C=C(C)/C=C/C1=C(C)CCCC1(C)C)=C([3H])\C(C)=C\C(=O)O. The fourth-order valence-corrected chi connectivity index (χ4v) is 2.76. The zero-order valence-corrected chi connectivity index (χ0v) is 14.3. The van der Waals surface area contributed by atoms with Gasteiger partial charge < -0.3 is 5.11 Å². The summed E-state index contributed by atoms with van der Waals surface area (Å²) < 4.78 is 15.8. The highest BCUT2D eigenvalue weighted by Gasteiger charge is 2.26. The second-order valence-electron chi connectivity index (χ2n) is 6.59. The summed E-state index contributed by atoms with van der Waals surface area (Å²) in [5.74, 6) is -1.10. The van der Waals surface area contributed by atoms with Gasteiger partial charge in [0, 0.05) is 6.08 Å². The lowest BCUT2D eigenvalue weighted by atomic mass is 9.72. The van der Waals surface area contributed by atoms with E-state index in [0.717, 1.165) is 18.1 Å². The Balaban J connectivity index is 3.04. The summed E-state index contributed by atoms with van der Waals surface area (Å²) in [7, 11) is 0. The van der Waals surface area contributed by atoms with Crippen molar-refractivity contribution in [3.05, 3.63) is 58.7 Å². The van der Waals surface area contributed by atoms with E-state index in [2.05, 4.69) is 26.8 Å². The van der Waals surface area contributed by atoms with Crippen LogP contribution in [0.4, 0.5) is 0 Å². The second kappa shape index (κ2) is 7.98. The van der Waals surface area contributed by atoms with Crippen LogP contribution in [0.15, 0.2) is 58.7 Å². The molecule has 1 N–H and O–H groups in total. The average molecular weight is 304 g/mol. The first-order valence-electron chi connectivity index (χ1n) is 8.70. The minimum Gasteiger partial charge on any atom is -0.478 e. The summed E-state index contributed by atoms with van der Waals surface area (Å²) in [6.45, 7) is 10.1. The number of carboxylic acid groups (broad SMARTS) is 1. The Kier molecular flexibility index (Phi) is 5.47. The molecule has 0 heterocycles. The Labute approximate surface area is 137 Å². The highest BCUT2D eigenvalue weighted by Crippen LogP contribution is 2.40. The molecular formula is C20H28O2. The molecule has 2 nitrogen and oxygen atoms in total. The first-order valence-corrected chi connectivity index (χ1v) is 7.70. The van der Waals surface area contributed by atoms with Crippen LogP contribution < -0.4 is 0 Å². The number of aliphatic carboxylic acids is 1. The van der Waals surface area contributed by atoms with Crippen molar-refractivity contribution in [1.29, 1.82) is 0 Å². The average Bonchev–Trinajstić information content (AvgIpc) is 2.44.